The van der Waals surface area contributed by atoms with E-state index >= 15 is 0 Å². The number of carbonyl (C=O) groups excluding carboxylic acids is 1. The molecule has 0 saturated carbocycles. The topological polar surface area (TPSA) is 68.5 Å². The first kappa shape index (κ1) is 12.6. The zero-order valence-electron chi connectivity index (χ0n) is 10.6. The Labute approximate surface area is 106 Å². The second-order valence-electron chi connectivity index (χ2n) is 4.61. The van der Waals surface area contributed by atoms with Gasteiger partial charge >= 0.3 is 6.09 Å². The first-order valence-electron chi connectivity index (χ1n) is 5.98. The number of carbonyl (C=O) groups is 1. The molecule has 1 aromatic rings. The van der Waals surface area contributed by atoms with Crippen LogP contribution in [0.15, 0.2) is 17.2 Å². The van der Waals surface area contributed by atoms with Gasteiger partial charge in [-0.1, -0.05) is 31.7 Å². The highest BCUT2D eigenvalue weighted by molar-refractivity contribution is 5.69. The Balaban J connectivity index is 1.84. The highest BCUT2D eigenvalue weighted by atomic mass is 16.6. The quantitative estimate of drug-likeness (QED) is 0.765. The molecule has 2 rings (SSSR count). The Bertz CT molecular complexity index is 436. The van der Waals surface area contributed by atoms with Crippen LogP contribution in [0.3, 0.4) is 0 Å². The van der Waals surface area contributed by atoms with Crippen molar-refractivity contribution in [3.05, 3.63) is 24.4 Å². The number of aromatic nitrogens is 2. The summed E-state index contributed by atoms with van der Waals surface area (Å²) in [5.74, 6) is 1.68. The number of ether oxygens (including phenoxy) is 1. The van der Waals surface area contributed by atoms with Crippen molar-refractivity contribution in [2.45, 2.75) is 25.7 Å². The van der Waals surface area contributed by atoms with Crippen LogP contribution >= 0.6 is 0 Å². The maximum Gasteiger partial charge on any atom is 0.410 e. The predicted molar refractivity (Wildman–Crippen MR) is 64.2 cm³/mol. The fourth-order valence-corrected chi connectivity index (χ4v) is 1.65. The third-order valence-electron chi connectivity index (χ3n) is 2.79. The zero-order valence-corrected chi connectivity index (χ0v) is 10.6. The van der Waals surface area contributed by atoms with E-state index in [2.05, 4.69) is 16.7 Å². The highest BCUT2D eigenvalue weighted by Crippen LogP contribution is 2.27. The number of rotatable bonds is 4. The fraction of sp³-hybridized carbons (Fsp3) is 0.583. The molecule has 0 radical (unpaired) electrons. The molecule has 0 unspecified atom stereocenters. The molecule has 1 fully saturated rings. The summed E-state index contributed by atoms with van der Waals surface area (Å²) >= 11 is 0. The Morgan fingerprint density at radius 3 is 2.94 bits per heavy atom. The second-order valence-corrected chi connectivity index (χ2v) is 4.61. The summed E-state index contributed by atoms with van der Waals surface area (Å²) in [6, 6.07) is 0. The SMILES string of the molecule is C=CCOC(=O)N1CC(c2nc(C(C)C)no2)C1. The van der Waals surface area contributed by atoms with E-state index in [1.165, 1.54) is 0 Å². The van der Waals surface area contributed by atoms with Crippen LogP contribution in [0.5, 0.6) is 0 Å². The van der Waals surface area contributed by atoms with Crippen LogP contribution in [-0.2, 0) is 4.74 Å². The van der Waals surface area contributed by atoms with E-state index in [1.807, 2.05) is 13.8 Å². The number of nitrogens with zero attached hydrogens (tertiary/aromatic N) is 3. The lowest BCUT2D eigenvalue weighted by Gasteiger charge is -2.35. The molecular weight excluding hydrogens is 234 g/mol. The summed E-state index contributed by atoms with van der Waals surface area (Å²) in [4.78, 5) is 17.4. The van der Waals surface area contributed by atoms with E-state index in [4.69, 9.17) is 9.26 Å². The molecule has 1 aliphatic heterocycles. The Hall–Kier alpha value is -1.85. The van der Waals surface area contributed by atoms with Crippen molar-refractivity contribution in [2.75, 3.05) is 19.7 Å². The molecule has 6 heteroatoms. The van der Waals surface area contributed by atoms with Crippen molar-refractivity contribution in [1.29, 1.82) is 0 Å². The number of hydrogen-bond acceptors (Lipinski definition) is 5. The smallest absolute Gasteiger partial charge is 0.410 e. The van der Waals surface area contributed by atoms with Crippen LogP contribution in [0, 0.1) is 0 Å². The van der Waals surface area contributed by atoms with E-state index in [0.29, 0.717) is 24.8 Å². The Kier molecular flexibility index (Phi) is 3.64. The first-order chi connectivity index (χ1) is 8.61. The summed E-state index contributed by atoms with van der Waals surface area (Å²) in [6.45, 7) is 8.87. The molecule has 0 spiro atoms. The maximum absolute atomic E-state index is 11.5. The standard InChI is InChI=1S/C12H17N3O3/c1-4-5-17-12(16)15-6-9(7-15)11-13-10(8(2)3)14-18-11/h4,8-9H,1,5-7H2,2-3H3. The van der Waals surface area contributed by atoms with Gasteiger partial charge in [-0.3, -0.25) is 0 Å². The van der Waals surface area contributed by atoms with Crippen LogP contribution in [0.1, 0.15) is 37.4 Å². The molecule has 0 N–H and O–H groups in total. The normalized spacial score (nSPS) is 15.6. The molecule has 0 aromatic carbocycles. The van der Waals surface area contributed by atoms with E-state index in [-0.39, 0.29) is 24.5 Å². The van der Waals surface area contributed by atoms with Gasteiger partial charge in [0, 0.05) is 19.0 Å². The summed E-state index contributed by atoms with van der Waals surface area (Å²) < 4.78 is 10.1. The Morgan fingerprint density at radius 2 is 2.39 bits per heavy atom. The zero-order chi connectivity index (χ0) is 13.1. The average molecular weight is 251 g/mol. The van der Waals surface area contributed by atoms with Crippen LogP contribution < -0.4 is 0 Å². The first-order valence-corrected chi connectivity index (χ1v) is 5.98. The third kappa shape index (κ3) is 2.52. The van der Waals surface area contributed by atoms with Crippen molar-refractivity contribution in [3.8, 4) is 0 Å². The van der Waals surface area contributed by atoms with E-state index in [0.717, 1.165) is 0 Å². The van der Waals surface area contributed by atoms with Gasteiger partial charge in [-0.2, -0.15) is 4.98 Å². The van der Waals surface area contributed by atoms with E-state index < -0.39 is 0 Å². The van der Waals surface area contributed by atoms with Gasteiger partial charge in [0.15, 0.2) is 5.82 Å². The molecule has 0 aliphatic carbocycles. The molecule has 1 aliphatic rings. The summed E-state index contributed by atoms with van der Waals surface area (Å²) in [5, 5.41) is 3.90. The van der Waals surface area contributed by atoms with Crippen LogP contribution in [0.4, 0.5) is 4.79 Å². The minimum atomic E-state index is -0.324. The van der Waals surface area contributed by atoms with Gasteiger partial charge in [0.25, 0.3) is 0 Å². The molecule has 6 nitrogen and oxygen atoms in total. The van der Waals surface area contributed by atoms with Crippen LogP contribution in [0.2, 0.25) is 0 Å². The molecule has 0 atom stereocenters. The number of hydrogen-bond donors (Lipinski definition) is 0. The lowest BCUT2D eigenvalue weighted by atomic mass is 10.0. The molecule has 1 saturated heterocycles. The summed E-state index contributed by atoms with van der Waals surface area (Å²) in [5.41, 5.74) is 0. The van der Waals surface area contributed by atoms with E-state index in [1.54, 1.807) is 11.0 Å². The van der Waals surface area contributed by atoms with E-state index in [9.17, 15) is 4.79 Å². The minimum Gasteiger partial charge on any atom is -0.445 e. The van der Waals surface area contributed by atoms with Crippen molar-refractivity contribution >= 4 is 6.09 Å². The van der Waals surface area contributed by atoms with Crippen LogP contribution in [-0.4, -0.2) is 40.8 Å². The molecule has 0 bridgehead atoms. The maximum atomic E-state index is 11.5. The Morgan fingerprint density at radius 1 is 1.67 bits per heavy atom. The lowest BCUT2D eigenvalue weighted by Crippen LogP contribution is -2.48. The van der Waals surface area contributed by atoms with Crippen molar-refractivity contribution in [1.82, 2.24) is 15.0 Å². The molecule has 98 valence electrons. The van der Waals surface area contributed by atoms with Gasteiger partial charge < -0.3 is 14.2 Å². The van der Waals surface area contributed by atoms with Gasteiger partial charge in [-0.25, -0.2) is 4.79 Å². The number of likely N-dealkylation sites (tertiary alicyclic amines) is 1. The molecule has 1 aromatic heterocycles. The van der Waals surface area contributed by atoms with Crippen molar-refractivity contribution in [2.24, 2.45) is 0 Å². The van der Waals surface area contributed by atoms with Crippen molar-refractivity contribution < 1.29 is 14.1 Å². The lowest BCUT2D eigenvalue weighted by molar-refractivity contribution is 0.0723. The monoisotopic (exact) mass is 251 g/mol. The fourth-order valence-electron chi connectivity index (χ4n) is 1.65. The van der Waals surface area contributed by atoms with Gasteiger partial charge in [0.1, 0.15) is 6.61 Å². The molecular formula is C12H17N3O3. The largest absolute Gasteiger partial charge is 0.445 e. The number of amides is 1. The minimum absolute atomic E-state index is 0.126. The molecule has 2 heterocycles. The third-order valence-corrected chi connectivity index (χ3v) is 2.79. The highest BCUT2D eigenvalue weighted by Gasteiger charge is 2.36. The van der Waals surface area contributed by atoms with Crippen LogP contribution in [0.25, 0.3) is 0 Å². The second kappa shape index (κ2) is 5.20. The van der Waals surface area contributed by atoms with Gasteiger partial charge in [-0.05, 0) is 0 Å². The predicted octanol–water partition coefficient (Wildman–Crippen LogP) is 1.91. The molecule has 18 heavy (non-hydrogen) atoms. The van der Waals surface area contributed by atoms with Gasteiger partial charge in [-0.15, -0.1) is 0 Å². The van der Waals surface area contributed by atoms with Gasteiger partial charge in [0.05, 0.1) is 5.92 Å². The van der Waals surface area contributed by atoms with Gasteiger partial charge in [0.2, 0.25) is 5.89 Å². The molecule has 1 amide bonds. The summed E-state index contributed by atoms with van der Waals surface area (Å²) in [6.07, 6.45) is 1.22. The van der Waals surface area contributed by atoms with Crippen molar-refractivity contribution in [3.63, 3.8) is 0 Å². The average Bonchev–Trinajstić information content (AvgIpc) is 2.73. The summed E-state index contributed by atoms with van der Waals surface area (Å²) in [7, 11) is 0.